The number of carbonyl (C=O) groups is 1. The lowest BCUT2D eigenvalue weighted by atomic mass is 10.1. The molecule has 0 aliphatic rings. The third kappa shape index (κ3) is 3.12. The average molecular weight is 281 g/mol. The number of ketones is 1. The van der Waals surface area contributed by atoms with Crippen LogP contribution in [0.5, 0.6) is 5.75 Å². The quantitative estimate of drug-likeness (QED) is 0.771. The molecule has 1 aromatic heterocycles. The molecule has 4 heteroatoms. The van der Waals surface area contributed by atoms with E-state index in [9.17, 15) is 4.79 Å². The first-order valence-electron chi connectivity index (χ1n) is 5.55. The fourth-order valence-electron chi connectivity index (χ4n) is 1.62. The molecule has 2 aromatic rings. The van der Waals surface area contributed by atoms with E-state index >= 15 is 0 Å². The Hall–Kier alpha value is -1.32. The summed E-state index contributed by atoms with van der Waals surface area (Å²) < 4.78 is 6.45. The maximum absolute atomic E-state index is 11.5. The summed E-state index contributed by atoms with van der Waals surface area (Å²) in [7, 11) is 0. The summed E-state index contributed by atoms with van der Waals surface area (Å²) in [6.45, 7) is 3.94. The van der Waals surface area contributed by atoms with Crippen LogP contribution in [0.25, 0.3) is 0 Å². The van der Waals surface area contributed by atoms with E-state index in [1.807, 2.05) is 31.2 Å². The van der Waals surface area contributed by atoms with Crippen molar-refractivity contribution in [3.05, 3.63) is 50.7 Å². The van der Waals surface area contributed by atoms with Crippen LogP contribution in [0.1, 0.15) is 27.7 Å². The van der Waals surface area contributed by atoms with E-state index in [0.29, 0.717) is 17.9 Å². The molecule has 2 nitrogen and oxygen atoms in total. The fraction of sp³-hybridized carbons (Fsp3) is 0.214. The molecule has 18 heavy (non-hydrogen) atoms. The molecule has 0 amide bonds. The molecule has 0 unspecified atom stereocenters. The van der Waals surface area contributed by atoms with E-state index in [2.05, 4.69) is 0 Å². The average Bonchev–Trinajstić information content (AvgIpc) is 2.72. The second-order valence-corrected chi connectivity index (χ2v) is 5.85. The second kappa shape index (κ2) is 5.55. The number of carbonyl (C=O) groups excluding carboxylic acids is 1. The van der Waals surface area contributed by atoms with Crippen LogP contribution in [0, 0.1) is 6.92 Å². The largest absolute Gasteiger partial charge is 0.487 e. The highest BCUT2D eigenvalue weighted by molar-refractivity contribution is 7.16. The Morgan fingerprint density at radius 3 is 2.72 bits per heavy atom. The molecular formula is C14H13ClO2S. The molecule has 0 atom stereocenters. The van der Waals surface area contributed by atoms with Crippen molar-refractivity contribution in [1.82, 2.24) is 0 Å². The third-order valence-corrected chi connectivity index (χ3v) is 3.72. The summed E-state index contributed by atoms with van der Waals surface area (Å²) in [6.07, 6.45) is 0. The van der Waals surface area contributed by atoms with Crippen molar-refractivity contribution in [2.75, 3.05) is 0 Å². The van der Waals surface area contributed by atoms with Gasteiger partial charge in [0.2, 0.25) is 0 Å². The number of aryl methyl sites for hydroxylation is 1. The van der Waals surface area contributed by atoms with E-state index < -0.39 is 0 Å². The number of Topliss-reactive ketones (excluding diaryl/α,β-unsaturated/α-hetero) is 1. The summed E-state index contributed by atoms with van der Waals surface area (Å²) >= 11 is 7.34. The maximum Gasteiger partial charge on any atom is 0.163 e. The Bertz CT molecular complexity index is 575. The topological polar surface area (TPSA) is 26.3 Å². The zero-order valence-electron chi connectivity index (χ0n) is 10.2. The van der Waals surface area contributed by atoms with E-state index in [1.54, 1.807) is 13.0 Å². The number of thiophene rings is 1. The van der Waals surface area contributed by atoms with E-state index in [4.69, 9.17) is 16.3 Å². The summed E-state index contributed by atoms with van der Waals surface area (Å²) in [5.41, 5.74) is 1.68. The van der Waals surface area contributed by atoms with Crippen molar-refractivity contribution < 1.29 is 9.53 Å². The normalized spacial score (nSPS) is 10.4. The van der Waals surface area contributed by atoms with Gasteiger partial charge in [-0.3, -0.25) is 4.79 Å². The Morgan fingerprint density at radius 2 is 2.11 bits per heavy atom. The summed E-state index contributed by atoms with van der Waals surface area (Å²) in [5.74, 6) is 0.640. The van der Waals surface area contributed by atoms with Gasteiger partial charge in [-0.2, -0.15) is 0 Å². The van der Waals surface area contributed by atoms with Crippen molar-refractivity contribution in [3.63, 3.8) is 0 Å². The molecule has 0 N–H and O–H groups in total. The van der Waals surface area contributed by atoms with Crippen LogP contribution in [0.15, 0.2) is 30.3 Å². The van der Waals surface area contributed by atoms with Crippen LogP contribution in [0.3, 0.4) is 0 Å². The van der Waals surface area contributed by atoms with Crippen molar-refractivity contribution in [1.29, 1.82) is 0 Å². The molecule has 0 spiro atoms. The lowest BCUT2D eigenvalue weighted by molar-refractivity contribution is 0.101. The summed E-state index contributed by atoms with van der Waals surface area (Å²) in [4.78, 5) is 12.5. The second-order valence-electron chi connectivity index (χ2n) is 4.05. The highest BCUT2D eigenvalue weighted by atomic mass is 35.5. The Kier molecular flexibility index (Phi) is 4.04. The minimum absolute atomic E-state index is 0.00853. The molecule has 1 heterocycles. The van der Waals surface area contributed by atoms with Gasteiger partial charge >= 0.3 is 0 Å². The minimum Gasteiger partial charge on any atom is -0.487 e. The van der Waals surface area contributed by atoms with E-state index in [0.717, 1.165) is 14.8 Å². The molecule has 0 saturated heterocycles. The molecule has 94 valence electrons. The molecule has 0 bridgehead atoms. The lowest BCUT2D eigenvalue weighted by Gasteiger charge is -2.09. The smallest absolute Gasteiger partial charge is 0.163 e. The number of rotatable bonds is 4. The first kappa shape index (κ1) is 13.1. The van der Waals surface area contributed by atoms with Crippen LogP contribution in [-0.4, -0.2) is 5.78 Å². The number of halogens is 1. The van der Waals surface area contributed by atoms with Crippen LogP contribution in [-0.2, 0) is 6.61 Å². The minimum atomic E-state index is 0.00853. The molecule has 2 rings (SSSR count). The van der Waals surface area contributed by atoms with Gasteiger partial charge in [0.15, 0.2) is 5.78 Å². The molecule has 0 fully saturated rings. The highest BCUT2D eigenvalue weighted by Gasteiger charge is 2.09. The first-order valence-corrected chi connectivity index (χ1v) is 6.74. The number of ether oxygens (including phenoxy) is 1. The number of hydrogen-bond acceptors (Lipinski definition) is 3. The van der Waals surface area contributed by atoms with Crippen LogP contribution in [0.2, 0.25) is 4.34 Å². The monoisotopic (exact) mass is 280 g/mol. The van der Waals surface area contributed by atoms with Gasteiger partial charge in [0.25, 0.3) is 0 Å². The van der Waals surface area contributed by atoms with Gasteiger partial charge < -0.3 is 4.74 Å². The van der Waals surface area contributed by atoms with Gasteiger partial charge in [-0.15, -0.1) is 11.3 Å². The van der Waals surface area contributed by atoms with Crippen molar-refractivity contribution in [2.45, 2.75) is 20.5 Å². The highest BCUT2D eigenvalue weighted by Crippen LogP contribution is 2.25. The molecule has 1 aromatic carbocycles. The van der Waals surface area contributed by atoms with Gasteiger partial charge in [-0.05, 0) is 43.7 Å². The van der Waals surface area contributed by atoms with Crippen molar-refractivity contribution >= 4 is 28.7 Å². The zero-order valence-corrected chi connectivity index (χ0v) is 11.8. The standard InChI is InChI=1S/C14H13ClO2S/c1-9-3-5-12(10(2)16)13(7-9)17-8-11-4-6-14(15)18-11/h3-7H,8H2,1-2H3. The maximum atomic E-state index is 11.5. The van der Waals surface area contributed by atoms with Crippen molar-refractivity contribution in [3.8, 4) is 5.75 Å². The SMILES string of the molecule is CC(=O)c1ccc(C)cc1OCc1ccc(Cl)s1. The molecular weight excluding hydrogens is 268 g/mol. The Labute approximate surface area is 115 Å². The number of hydrogen-bond donors (Lipinski definition) is 0. The molecule has 0 radical (unpaired) electrons. The van der Waals surface area contributed by atoms with Gasteiger partial charge in [0.1, 0.15) is 12.4 Å². The van der Waals surface area contributed by atoms with E-state index in [1.165, 1.54) is 11.3 Å². The molecule has 0 aliphatic carbocycles. The van der Waals surface area contributed by atoms with Crippen molar-refractivity contribution in [2.24, 2.45) is 0 Å². The molecule has 0 aliphatic heterocycles. The van der Waals surface area contributed by atoms with Gasteiger partial charge in [0.05, 0.1) is 9.90 Å². The lowest BCUT2D eigenvalue weighted by Crippen LogP contribution is -2.01. The van der Waals surface area contributed by atoms with Crippen LogP contribution >= 0.6 is 22.9 Å². The fourth-order valence-corrected chi connectivity index (χ4v) is 2.62. The molecule has 0 saturated carbocycles. The Balaban J connectivity index is 2.17. The van der Waals surface area contributed by atoms with E-state index in [-0.39, 0.29) is 5.78 Å². The Morgan fingerprint density at radius 1 is 1.33 bits per heavy atom. The predicted molar refractivity (Wildman–Crippen MR) is 74.8 cm³/mol. The first-order chi connectivity index (χ1) is 8.56. The van der Waals surface area contributed by atoms with Gasteiger partial charge in [0, 0.05) is 4.88 Å². The van der Waals surface area contributed by atoms with Crippen LogP contribution in [0.4, 0.5) is 0 Å². The number of benzene rings is 1. The van der Waals surface area contributed by atoms with Gasteiger partial charge in [-0.25, -0.2) is 0 Å². The zero-order chi connectivity index (χ0) is 13.1. The predicted octanol–water partition coefficient (Wildman–Crippen LogP) is 4.49. The summed E-state index contributed by atoms with van der Waals surface area (Å²) in [6, 6.07) is 9.36. The third-order valence-electron chi connectivity index (χ3n) is 2.52. The van der Waals surface area contributed by atoms with Crippen LogP contribution < -0.4 is 4.74 Å². The van der Waals surface area contributed by atoms with Gasteiger partial charge in [-0.1, -0.05) is 17.7 Å². The summed E-state index contributed by atoms with van der Waals surface area (Å²) in [5, 5.41) is 0.